The number of aromatic nitrogens is 1. The van der Waals surface area contributed by atoms with Gasteiger partial charge in [-0.25, -0.2) is 4.79 Å². The van der Waals surface area contributed by atoms with E-state index in [1.54, 1.807) is 11.6 Å². The number of halogens is 1. The normalized spacial score (nSPS) is 17.7. The maximum absolute atomic E-state index is 12.0. The topological polar surface area (TPSA) is 68.8 Å². The molecule has 0 unspecified atom stereocenters. The molecule has 6 rings (SSSR count). The van der Waals surface area contributed by atoms with E-state index in [0.29, 0.717) is 16.9 Å². The van der Waals surface area contributed by atoms with E-state index in [0.717, 1.165) is 67.2 Å². The third-order valence-electron chi connectivity index (χ3n) is 8.48. The number of hydrogen-bond donors (Lipinski definition) is 2. The van der Waals surface area contributed by atoms with Crippen LogP contribution in [0.15, 0.2) is 78.5 Å². The number of carboxylic acid groups (broad SMARTS) is 1. The first-order valence-electron chi connectivity index (χ1n) is 14.3. The van der Waals surface area contributed by atoms with Gasteiger partial charge in [-0.05, 0) is 84.3 Å². The number of rotatable bonds is 7. The summed E-state index contributed by atoms with van der Waals surface area (Å²) in [6.45, 7) is 9.35. The number of fused-ring (bicyclic) bond motifs is 1. The molecular formula is C34H36ClN3O3. The number of hydrogen-bond acceptors (Lipinski definition) is 4. The molecule has 0 bridgehead atoms. The van der Waals surface area contributed by atoms with E-state index in [9.17, 15) is 9.90 Å². The van der Waals surface area contributed by atoms with Crippen LogP contribution < -0.4 is 9.64 Å². The molecule has 1 fully saturated rings. The smallest absolute Gasteiger partial charge is 0.339 e. The molecule has 1 aliphatic heterocycles. The molecular weight excluding hydrogens is 534 g/mol. The molecule has 0 atom stereocenters. The zero-order valence-corrected chi connectivity index (χ0v) is 24.4. The molecule has 0 radical (unpaired) electrons. The summed E-state index contributed by atoms with van der Waals surface area (Å²) in [6.07, 6.45) is 5.29. The fourth-order valence-electron chi connectivity index (χ4n) is 6.09. The van der Waals surface area contributed by atoms with Gasteiger partial charge in [-0.2, -0.15) is 0 Å². The first-order chi connectivity index (χ1) is 19.7. The van der Waals surface area contributed by atoms with Crippen LogP contribution >= 0.6 is 11.6 Å². The maximum atomic E-state index is 12.0. The van der Waals surface area contributed by atoms with Crippen molar-refractivity contribution in [1.29, 1.82) is 0 Å². The lowest BCUT2D eigenvalue weighted by atomic mass is 9.72. The lowest BCUT2D eigenvalue weighted by Crippen LogP contribution is -2.47. The number of aromatic carboxylic acids is 1. The number of nitrogens with one attached hydrogen (secondary N) is 1. The number of carboxylic acids is 1. The molecule has 2 N–H and O–H groups in total. The van der Waals surface area contributed by atoms with Crippen LogP contribution in [-0.4, -0.2) is 53.7 Å². The average Bonchev–Trinajstić information content (AvgIpc) is 3.43. The molecule has 1 aromatic heterocycles. The van der Waals surface area contributed by atoms with Gasteiger partial charge in [-0.1, -0.05) is 43.2 Å². The Morgan fingerprint density at radius 3 is 2.54 bits per heavy atom. The van der Waals surface area contributed by atoms with Crippen molar-refractivity contribution >= 4 is 39.7 Å². The summed E-state index contributed by atoms with van der Waals surface area (Å²) >= 11 is 6.19. The first kappa shape index (κ1) is 27.4. The van der Waals surface area contributed by atoms with Crippen molar-refractivity contribution in [1.82, 2.24) is 9.88 Å². The summed E-state index contributed by atoms with van der Waals surface area (Å²) in [5, 5.41) is 11.6. The second-order valence-electron chi connectivity index (χ2n) is 12.0. The van der Waals surface area contributed by atoms with Crippen LogP contribution in [0, 0.1) is 5.41 Å². The van der Waals surface area contributed by atoms with Gasteiger partial charge in [0.1, 0.15) is 17.1 Å². The van der Waals surface area contributed by atoms with Crippen molar-refractivity contribution in [3.63, 3.8) is 0 Å². The van der Waals surface area contributed by atoms with Gasteiger partial charge in [0, 0.05) is 66.6 Å². The third-order valence-corrected chi connectivity index (χ3v) is 8.73. The summed E-state index contributed by atoms with van der Waals surface area (Å²) in [5.41, 5.74) is 6.75. The second-order valence-corrected chi connectivity index (χ2v) is 12.4. The quantitative estimate of drug-likeness (QED) is 0.235. The Morgan fingerprint density at radius 1 is 1.00 bits per heavy atom. The molecule has 0 spiro atoms. The van der Waals surface area contributed by atoms with Crippen molar-refractivity contribution in [3.8, 4) is 11.5 Å². The number of carbonyl (C=O) groups is 1. The summed E-state index contributed by atoms with van der Waals surface area (Å²) in [5.74, 6) is -0.0311. The fraction of sp³-hybridized carbons (Fsp3) is 0.324. The number of piperazine rings is 1. The molecule has 2 aliphatic rings. The second kappa shape index (κ2) is 11.3. The van der Waals surface area contributed by atoms with Crippen molar-refractivity contribution in [2.45, 2.75) is 33.1 Å². The molecule has 6 nitrogen and oxygen atoms in total. The average molecular weight is 570 g/mol. The highest BCUT2D eigenvalue weighted by molar-refractivity contribution is 6.30. The van der Waals surface area contributed by atoms with E-state index in [1.807, 2.05) is 54.7 Å². The Bertz CT molecular complexity index is 1600. The molecule has 7 heteroatoms. The Hall–Kier alpha value is -3.74. The lowest BCUT2D eigenvalue weighted by molar-refractivity contribution is 0.0694. The summed E-state index contributed by atoms with van der Waals surface area (Å²) in [7, 11) is 0. The highest BCUT2D eigenvalue weighted by atomic mass is 35.5. The lowest BCUT2D eigenvalue weighted by Gasteiger charge is -2.39. The number of allylic oxidation sites excluding steroid dienone is 1. The zero-order valence-electron chi connectivity index (χ0n) is 23.6. The molecule has 212 valence electrons. The predicted molar refractivity (Wildman–Crippen MR) is 166 cm³/mol. The van der Waals surface area contributed by atoms with Crippen LogP contribution in [0.5, 0.6) is 11.5 Å². The molecule has 41 heavy (non-hydrogen) atoms. The van der Waals surface area contributed by atoms with E-state index in [4.69, 9.17) is 16.3 Å². The molecule has 2 heterocycles. The maximum Gasteiger partial charge on any atom is 0.339 e. The summed E-state index contributed by atoms with van der Waals surface area (Å²) in [6, 6.07) is 21.4. The molecule has 1 saturated heterocycles. The van der Waals surface area contributed by atoms with E-state index >= 15 is 0 Å². The Kier molecular flexibility index (Phi) is 7.54. The molecule has 0 saturated carbocycles. The van der Waals surface area contributed by atoms with E-state index < -0.39 is 5.97 Å². The van der Waals surface area contributed by atoms with Gasteiger partial charge in [-0.15, -0.1) is 0 Å². The minimum Gasteiger partial charge on any atom is -0.478 e. The Labute approximate surface area is 246 Å². The highest BCUT2D eigenvalue weighted by Gasteiger charge is 2.29. The van der Waals surface area contributed by atoms with Gasteiger partial charge in [0.05, 0.1) is 0 Å². The van der Waals surface area contributed by atoms with Crippen molar-refractivity contribution in [3.05, 3.63) is 94.6 Å². The number of ether oxygens (including phenoxy) is 1. The van der Waals surface area contributed by atoms with E-state index in [2.05, 4.69) is 40.8 Å². The van der Waals surface area contributed by atoms with Crippen molar-refractivity contribution in [2.24, 2.45) is 5.41 Å². The fourth-order valence-corrected chi connectivity index (χ4v) is 6.21. The van der Waals surface area contributed by atoms with Gasteiger partial charge >= 0.3 is 5.97 Å². The van der Waals surface area contributed by atoms with Crippen molar-refractivity contribution < 1.29 is 14.6 Å². The SMILES string of the molecule is CC1(C)CCC(CN2CCN(c3ccc(C(=O)O)c(Oc4ccc5[nH]ccc5c4)c3)CC2)=C(c2ccc(Cl)cc2)C1. The number of H-pyrrole nitrogens is 1. The van der Waals surface area contributed by atoms with Crippen LogP contribution in [0.3, 0.4) is 0 Å². The number of benzene rings is 3. The molecule has 4 aromatic rings. The number of aromatic amines is 1. The first-order valence-corrected chi connectivity index (χ1v) is 14.7. The van der Waals surface area contributed by atoms with Crippen LogP contribution in [0.1, 0.15) is 49.0 Å². The van der Waals surface area contributed by atoms with Crippen LogP contribution in [0.25, 0.3) is 16.5 Å². The minimum absolute atomic E-state index is 0.156. The third kappa shape index (κ3) is 6.14. The van der Waals surface area contributed by atoms with Crippen LogP contribution in [-0.2, 0) is 0 Å². The largest absolute Gasteiger partial charge is 0.478 e. The monoisotopic (exact) mass is 569 g/mol. The van der Waals surface area contributed by atoms with Crippen molar-refractivity contribution in [2.75, 3.05) is 37.6 Å². The highest BCUT2D eigenvalue weighted by Crippen LogP contribution is 2.43. The summed E-state index contributed by atoms with van der Waals surface area (Å²) in [4.78, 5) is 20.0. The van der Waals surface area contributed by atoms with Gasteiger partial charge < -0.3 is 19.7 Å². The van der Waals surface area contributed by atoms with Gasteiger partial charge in [0.25, 0.3) is 0 Å². The van der Waals surface area contributed by atoms with Gasteiger partial charge in [0.2, 0.25) is 0 Å². The Morgan fingerprint density at radius 2 is 1.78 bits per heavy atom. The minimum atomic E-state index is -1.00. The number of anilines is 1. The predicted octanol–water partition coefficient (Wildman–Crippen LogP) is 8.10. The molecule has 0 amide bonds. The Balaban J connectivity index is 1.17. The molecule has 3 aromatic carbocycles. The van der Waals surface area contributed by atoms with Crippen LogP contribution in [0.2, 0.25) is 5.02 Å². The van der Waals surface area contributed by atoms with E-state index in [1.165, 1.54) is 17.6 Å². The van der Waals surface area contributed by atoms with Gasteiger partial charge in [0.15, 0.2) is 0 Å². The van der Waals surface area contributed by atoms with Gasteiger partial charge in [-0.3, -0.25) is 4.90 Å². The zero-order chi connectivity index (χ0) is 28.6. The van der Waals surface area contributed by atoms with E-state index in [-0.39, 0.29) is 5.56 Å². The molecule has 1 aliphatic carbocycles. The number of nitrogens with zero attached hydrogens (tertiary/aromatic N) is 2. The summed E-state index contributed by atoms with van der Waals surface area (Å²) < 4.78 is 6.13. The van der Waals surface area contributed by atoms with Crippen LogP contribution in [0.4, 0.5) is 5.69 Å². The standard InChI is InChI=1S/C34H36ClN3O3/c1-34(2)13-11-25(30(21-34)23-3-5-26(35)6-4-23)22-37-15-17-38(18-16-37)27-7-9-29(33(39)40)32(20-27)41-28-8-10-31-24(19-28)12-14-36-31/h3-10,12,14,19-20,36H,11,13,15-18,21-22H2,1-2H3,(H,39,40).